The van der Waals surface area contributed by atoms with Crippen LogP contribution in [0.5, 0.6) is 0 Å². The summed E-state index contributed by atoms with van der Waals surface area (Å²) in [6.45, 7) is 1.32. The van der Waals surface area contributed by atoms with Gasteiger partial charge in [-0.3, -0.25) is 14.4 Å². The van der Waals surface area contributed by atoms with E-state index in [9.17, 15) is 14.4 Å². The third-order valence-electron chi connectivity index (χ3n) is 1.88. The summed E-state index contributed by atoms with van der Waals surface area (Å²) in [4.78, 5) is 31.4. The molecule has 0 heterocycles. The zero-order valence-electron chi connectivity index (χ0n) is 7.69. The minimum absolute atomic E-state index is 0. The molecule has 0 fully saturated rings. The molecule has 0 saturated heterocycles. The SMILES string of the molecule is CCC(CC(=O)O)(C(=O)O)C(=O)O.P. The Bertz CT molecular complexity index is 235. The van der Waals surface area contributed by atoms with E-state index in [1.165, 1.54) is 6.92 Å². The van der Waals surface area contributed by atoms with E-state index in [1.807, 2.05) is 0 Å². The molecule has 0 radical (unpaired) electrons. The topological polar surface area (TPSA) is 112 Å². The molecule has 0 aliphatic carbocycles. The summed E-state index contributed by atoms with van der Waals surface area (Å²) in [5.41, 5.74) is -2.20. The lowest BCUT2D eigenvalue weighted by Gasteiger charge is -2.20. The van der Waals surface area contributed by atoms with Crippen LogP contribution in [0, 0.1) is 5.41 Å². The Labute approximate surface area is 83.5 Å². The van der Waals surface area contributed by atoms with Gasteiger partial charge >= 0.3 is 17.9 Å². The van der Waals surface area contributed by atoms with Crippen molar-refractivity contribution in [2.24, 2.45) is 5.41 Å². The van der Waals surface area contributed by atoms with Gasteiger partial charge in [0.1, 0.15) is 0 Å². The molecule has 0 aliphatic rings. The number of carbonyl (C=O) groups is 3. The molecule has 14 heavy (non-hydrogen) atoms. The first kappa shape index (κ1) is 15.3. The molecule has 3 N–H and O–H groups in total. The molecule has 0 saturated carbocycles. The van der Waals surface area contributed by atoms with E-state index in [0.717, 1.165) is 0 Å². The summed E-state index contributed by atoms with van der Waals surface area (Å²) in [6.07, 6.45) is -1.17. The second-order valence-corrected chi connectivity index (χ2v) is 2.62. The normalized spacial score (nSPS) is 10.1. The van der Waals surface area contributed by atoms with Crippen molar-refractivity contribution in [3.63, 3.8) is 0 Å². The molecule has 0 bridgehead atoms. The van der Waals surface area contributed by atoms with Crippen LogP contribution in [0.4, 0.5) is 0 Å². The molecule has 82 valence electrons. The Morgan fingerprint density at radius 3 is 1.50 bits per heavy atom. The Hall–Kier alpha value is -1.16. The van der Waals surface area contributed by atoms with Crippen LogP contribution in [0.3, 0.4) is 0 Å². The average molecular weight is 224 g/mol. The summed E-state index contributed by atoms with van der Waals surface area (Å²) < 4.78 is 0. The third kappa shape index (κ3) is 2.96. The van der Waals surface area contributed by atoms with Crippen LogP contribution >= 0.6 is 9.90 Å². The highest BCUT2D eigenvalue weighted by molar-refractivity contribution is 6.92. The molecule has 7 heteroatoms. The van der Waals surface area contributed by atoms with E-state index >= 15 is 0 Å². The summed E-state index contributed by atoms with van der Waals surface area (Å²) in [6, 6.07) is 0. The Morgan fingerprint density at radius 1 is 1.07 bits per heavy atom. The van der Waals surface area contributed by atoms with Crippen LogP contribution in [0.2, 0.25) is 0 Å². The highest BCUT2D eigenvalue weighted by atomic mass is 31.0. The molecular formula is C7H13O6P. The fraction of sp³-hybridized carbons (Fsp3) is 0.571. The molecule has 0 aromatic rings. The molecule has 0 aromatic carbocycles. The van der Waals surface area contributed by atoms with Gasteiger partial charge in [0.05, 0.1) is 6.42 Å². The highest BCUT2D eigenvalue weighted by Gasteiger charge is 2.46. The van der Waals surface area contributed by atoms with Gasteiger partial charge in [0, 0.05) is 0 Å². The van der Waals surface area contributed by atoms with Gasteiger partial charge in [-0.25, -0.2) is 0 Å². The van der Waals surface area contributed by atoms with E-state index in [4.69, 9.17) is 15.3 Å². The zero-order chi connectivity index (χ0) is 10.6. The number of hydrogen-bond acceptors (Lipinski definition) is 3. The van der Waals surface area contributed by atoms with Crippen molar-refractivity contribution in [2.45, 2.75) is 19.8 Å². The monoisotopic (exact) mass is 224 g/mol. The average Bonchev–Trinajstić information content (AvgIpc) is 1.98. The van der Waals surface area contributed by atoms with E-state index in [-0.39, 0.29) is 16.3 Å². The summed E-state index contributed by atoms with van der Waals surface area (Å²) in [7, 11) is 0. The van der Waals surface area contributed by atoms with E-state index < -0.39 is 29.7 Å². The molecule has 0 aromatic heterocycles. The maximum absolute atomic E-state index is 10.6. The highest BCUT2D eigenvalue weighted by Crippen LogP contribution is 2.27. The number of carboxylic acids is 3. The lowest BCUT2D eigenvalue weighted by molar-refractivity contribution is -0.169. The van der Waals surface area contributed by atoms with Gasteiger partial charge in [0.2, 0.25) is 0 Å². The molecular weight excluding hydrogens is 211 g/mol. The summed E-state index contributed by atoms with van der Waals surface area (Å²) in [5, 5.41) is 25.5. The fourth-order valence-corrected chi connectivity index (χ4v) is 0.928. The fourth-order valence-electron chi connectivity index (χ4n) is 0.928. The minimum atomic E-state index is -2.20. The second kappa shape index (κ2) is 5.54. The van der Waals surface area contributed by atoms with Crippen molar-refractivity contribution in [1.82, 2.24) is 0 Å². The number of aliphatic carboxylic acids is 3. The smallest absolute Gasteiger partial charge is 0.321 e. The van der Waals surface area contributed by atoms with Crippen molar-refractivity contribution < 1.29 is 29.7 Å². The van der Waals surface area contributed by atoms with Gasteiger partial charge in [-0.1, -0.05) is 6.92 Å². The van der Waals surface area contributed by atoms with Crippen molar-refractivity contribution in [3.05, 3.63) is 0 Å². The van der Waals surface area contributed by atoms with Crippen molar-refractivity contribution in [1.29, 1.82) is 0 Å². The first-order valence-corrected chi connectivity index (χ1v) is 3.55. The maximum Gasteiger partial charge on any atom is 0.321 e. The van der Waals surface area contributed by atoms with E-state index in [1.54, 1.807) is 0 Å². The Kier molecular flexibility index (Phi) is 6.07. The number of carboxylic acid groups (broad SMARTS) is 3. The molecule has 0 aliphatic heterocycles. The summed E-state index contributed by atoms with van der Waals surface area (Å²) >= 11 is 0. The maximum atomic E-state index is 10.6. The Balaban J connectivity index is 0. The van der Waals surface area contributed by atoms with Gasteiger partial charge in [-0.15, -0.1) is 0 Å². The number of rotatable bonds is 5. The lowest BCUT2D eigenvalue weighted by atomic mass is 9.82. The first-order valence-electron chi connectivity index (χ1n) is 3.55. The molecule has 1 atom stereocenters. The van der Waals surface area contributed by atoms with Crippen LogP contribution in [0.25, 0.3) is 0 Å². The largest absolute Gasteiger partial charge is 0.481 e. The van der Waals surface area contributed by atoms with E-state index in [2.05, 4.69) is 0 Å². The van der Waals surface area contributed by atoms with Gasteiger partial charge < -0.3 is 15.3 Å². The molecule has 0 spiro atoms. The quantitative estimate of drug-likeness (QED) is 0.450. The van der Waals surface area contributed by atoms with Crippen LogP contribution < -0.4 is 0 Å². The van der Waals surface area contributed by atoms with Crippen molar-refractivity contribution >= 4 is 27.8 Å². The van der Waals surface area contributed by atoms with Crippen molar-refractivity contribution in [3.8, 4) is 0 Å². The molecule has 0 amide bonds. The predicted molar refractivity (Wildman–Crippen MR) is 51.4 cm³/mol. The molecule has 0 rings (SSSR count). The predicted octanol–water partition coefficient (Wildman–Crippen LogP) is 0.0848. The van der Waals surface area contributed by atoms with Crippen LogP contribution in [-0.2, 0) is 14.4 Å². The van der Waals surface area contributed by atoms with Gasteiger partial charge in [0.15, 0.2) is 5.41 Å². The van der Waals surface area contributed by atoms with E-state index in [0.29, 0.717) is 0 Å². The second-order valence-electron chi connectivity index (χ2n) is 2.62. The van der Waals surface area contributed by atoms with Gasteiger partial charge in [-0.05, 0) is 6.42 Å². The van der Waals surface area contributed by atoms with Crippen LogP contribution in [-0.4, -0.2) is 33.2 Å². The molecule has 6 nitrogen and oxygen atoms in total. The minimum Gasteiger partial charge on any atom is -0.481 e. The molecule has 1 unspecified atom stereocenters. The Morgan fingerprint density at radius 2 is 1.43 bits per heavy atom. The van der Waals surface area contributed by atoms with Crippen LogP contribution in [0.1, 0.15) is 19.8 Å². The van der Waals surface area contributed by atoms with Crippen molar-refractivity contribution in [2.75, 3.05) is 0 Å². The van der Waals surface area contributed by atoms with Gasteiger partial charge in [-0.2, -0.15) is 9.90 Å². The first-order chi connectivity index (χ1) is 5.86. The number of hydrogen-bond donors (Lipinski definition) is 3. The van der Waals surface area contributed by atoms with Gasteiger partial charge in [0.25, 0.3) is 0 Å². The lowest BCUT2D eigenvalue weighted by Crippen LogP contribution is -2.40. The standard InChI is InChI=1S/C7H10O6.H3P/c1-2-7(5(10)11,6(12)13)3-4(8)9;/h2-3H2,1H3,(H,8,9)(H,10,11)(H,12,13);1H3. The zero-order valence-corrected chi connectivity index (χ0v) is 9.10. The van der Waals surface area contributed by atoms with Crippen LogP contribution in [0.15, 0.2) is 0 Å². The summed E-state index contributed by atoms with van der Waals surface area (Å²) in [5.74, 6) is -4.68. The third-order valence-corrected chi connectivity index (χ3v) is 1.88.